The molecule has 106 valence electrons. The molecule has 3 heterocycles. The van der Waals surface area contributed by atoms with E-state index >= 15 is 0 Å². The van der Waals surface area contributed by atoms with Crippen LogP contribution in [0.1, 0.15) is 29.8 Å². The molecule has 1 aromatic carbocycles. The van der Waals surface area contributed by atoms with Gasteiger partial charge in [-0.3, -0.25) is 4.79 Å². The highest BCUT2D eigenvalue weighted by Crippen LogP contribution is 2.43. The van der Waals surface area contributed by atoms with Crippen molar-refractivity contribution in [3.63, 3.8) is 0 Å². The van der Waals surface area contributed by atoms with E-state index in [1.54, 1.807) is 18.3 Å². The highest BCUT2D eigenvalue weighted by Gasteiger charge is 2.42. The maximum absolute atomic E-state index is 11.9. The fraction of sp³-hybridized carbons (Fsp3) is 0.250. The van der Waals surface area contributed by atoms with Crippen molar-refractivity contribution in [2.45, 2.75) is 25.6 Å². The Bertz CT molecular complexity index is 724. The van der Waals surface area contributed by atoms with Crippen LogP contribution in [0.5, 0.6) is 5.75 Å². The number of nitrogens with zero attached hydrogens (tertiary/aromatic N) is 2. The molecule has 1 aromatic heterocycles. The Hall–Kier alpha value is -2.14. The lowest BCUT2D eigenvalue weighted by Crippen LogP contribution is -2.44. The summed E-state index contributed by atoms with van der Waals surface area (Å²) in [4.78, 5) is 13.1. The summed E-state index contributed by atoms with van der Waals surface area (Å²) in [6.45, 7) is 1.55. The first-order valence-electron chi connectivity index (χ1n) is 6.90. The van der Waals surface area contributed by atoms with Gasteiger partial charge in [0.05, 0.1) is 16.6 Å². The second-order valence-corrected chi connectivity index (χ2v) is 6.19. The molecule has 2 aliphatic heterocycles. The van der Waals surface area contributed by atoms with Gasteiger partial charge < -0.3 is 4.74 Å². The maximum Gasteiger partial charge on any atom is 0.246 e. The lowest BCUT2D eigenvalue weighted by molar-refractivity contribution is -0.135. The molecule has 4 nitrogen and oxygen atoms in total. The van der Waals surface area contributed by atoms with E-state index in [4.69, 9.17) is 4.74 Å². The molecule has 2 atom stereocenters. The standard InChI is InChI=1S/C16H14N2O2S/c1-10(19)16-18-13(11-5-2-3-6-14(11)20-16)9-12(17-18)15-7-4-8-21-15/h2-8,13,16H,9H2,1H3/t13-,16-/m1/s1. The van der Waals surface area contributed by atoms with E-state index in [9.17, 15) is 4.79 Å². The fourth-order valence-electron chi connectivity index (χ4n) is 2.89. The van der Waals surface area contributed by atoms with Crippen LogP contribution in [0, 0.1) is 0 Å². The van der Waals surface area contributed by atoms with E-state index in [2.05, 4.69) is 17.2 Å². The van der Waals surface area contributed by atoms with Crippen LogP contribution < -0.4 is 4.74 Å². The van der Waals surface area contributed by atoms with Gasteiger partial charge >= 0.3 is 0 Å². The Morgan fingerprint density at radius 1 is 1.33 bits per heavy atom. The Kier molecular flexibility index (Phi) is 2.82. The van der Waals surface area contributed by atoms with Crippen molar-refractivity contribution in [2.24, 2.45) is 5.10 Å². The molecule has 4 rings (SSSR count). The lowest BCUT2D eigenvalue weighted by Gasteiger charge is -2.36. The number of hydrazone groups is 1. The molecule has 0 bridgehead atoms. The molecule has 0 N–H and O–H groups in total. The minimum absolute atomic E-state index is 0.0225. The average Bonchev–Trinajstić information content (AvgIpc) is 3.15. The molecule has 0 unspecified atom stereocenters. The minimum Gasteiger partial charge on any atom is -0.461 e. The number of carbonyl (C=O) groups excluding carboxylic acids is 1. The third-order valence-corrected chi connectivity index (χ3v) is 4.77. The molecule has 2 aliphatic rings. The quantitative estimate of drug-likeness (QED) is 0.855. The molecule has 2 aromatic rings. The minimum atomic E-state index is -0.623. The zero-order valence-electron chi connectivity index (χ0n) is 11.5. The average molecular weight is 298 g/mol. The van der Waals surface area contributed by atoms with Crippen molar-refractivity contribution in [3.05, 3.63) is 52.2 Å². The molecular weight excluding hydrogens is 284 g/mol. The van der Waals surface area contributed by atoms with Crippen molar-refractivity contribution in [1.29, 1.82) is 0 Å². The van der Waals surface area contributed by atoms with Crippen LogP contribution in [0.25, 0.3) is 0 Å². The summed E-state index contributed by atoms with van der Waals surface area (Å²) in [5.74, 6) is 0.771. The molecule has 0 spiro atoms. The number of benzene rings is 1. The fourth-order valence-corrected chi connectivity index (χ4v) is 3.62. The van der Waals surface area contributed by atoms with Crippen LogP contribution in [0.15, 0.2) is 46.9 Å². The van der Waals surface area contributed by atoms with Crippen molar-refractivity contribution in [2.75, 3.05) is 0 Å². The van der Waals surface area contributed by atoms with Crippen molar-refractivity contribution >= 4 is 22.8 Å². The lowest BCUT2D eigenvalue weighted by atomic mass is 9.98. The smallest absolute Gasteiger partial charge is 0.246 e. The summed E-state index contributed by atoms with van der Waals surface area (Å²) in [6.07, 6.45) is 0.187. The molecule has 0 fully saturated rings. The SMILES string of the molecule is CC(=O)[C@H]1Oc2ccccc2[C@H]2CC(c3cccs3)=NN12. The van der Waals surface area contributed by atoms with Gasteiger partial charge in [-0.2, -0.15) is 5.10 Å². The molecule has 5 heteroatoms. The first-order chi connectivity index (χ1) is 10.2. The van der Waals surface area contributed by atoms with E-state index in [0.717, 1.165) is 28.3 Å². The van der Waals surface area contributed by atoms with E-state index < -0.39 is 6.23 Å². The Morgan fingerprint density at radius 3 is 2.95 bits per heavy atom. The van der Waals surface area contributed by atoms with Crippen LogP contribution in [-0.4, -0.2) is 22.7 Å². The topological polar surface area (TPSA) is 41.9 Å². The highest BCUT2D eigenvalue weighted by atomic mass is 32.1. The predicted molar refractivity (Wildman–Crippen MR) is 81.6 cm³/mol. The van der Waals surface area contributed by atoms with Gasteiger partial charge in [0.15, 0.2) is 5.78 Å². The number of para-hydroxylation sites is 1. The van der Waals surface area contributed by atoms with Gasteiger partial charge in [-0.15, -0.1) is 11.3 Å². The third kappa shape index (κ3) is 1.96. The number of hydrogen-bond acceptors (Lipinski definition) is 5. The van der Waals surface area contributed by atoms with Gasteiger partial charge in [-0.05, 0) is 17.5 Å². The van der Waals surface area contributed by atoms with E-state index in [0.29, 0.717) is 0 Å². The van der Waals surface area contributed by atoms with E-state index in [1.165, 1.54) is 0 Å². The normalized spacial score (nSPS) is 23.1. The first kappa shape index (κ1) is 12.6. The Morgan fingerprint density at radius 2 is 2.19 bits per heavy atom. The second-order valence-electron chi connectivity index (χ2n) is 5.24. The zero-order valence-corrected chi connectivity index (χ0v) is 12.3. The predicted octanol–water partition coefficient (Wildman–Crippen LogP) is 3.21. The van der Waals surface area contributed by atoms with Crippen LogP contribution >= 0.6 is 11.3 Å². The number of ketones is 1. The number of hydrogen-bond donors (Lipinski definition) is 0. The van der Waals surface area contributed by atoms with Gasteiger partial charge in [-0.1, -0.05) is 24.3 Å². The molecule has 21 heavy (non-hydrogen) atoms. The van der Waals surface area contributed by atoms with Crippen LogP contribution in [-0.2, 0) is 4.79 Å². The van der Waals surface area contributed by atoms with Crippen molar-refractivity contribution in [1.82, 2.24) is 5.01 Å². The highest BCUT2D eigenvalue weighted by molar-refractivity contribution is 7.12. The van der Waals surface area contributed by atoms with Crippen LogP contribution in [0.3, 0.4) is 0 Å². The van der Waals surface area contributed by atoms with E-state index in [-0.39, 0.29) is 11.8 Å². The molecule has 0 amide bonds. The summed E-state index contributed by atoms with van der Waals surface area (Å²) >= 11 is 1.67. The molecule has 0 saturated carbocycles. The molecular formula is C16H14N2O2S. The second kappa shape index (κ2) is 4.70. The number of fused-ring (bicyclic) bond motifs is 3. The van der Waals surface area contributed by atoms with Crippen LogP contribution in [0.2, 0.25) is 0 Å². The maximum atomic E-state index is 11.9. The summed E-state index contributed by atoms with van der Waals surface area (Å²) in [5.41, 5.74) is 2.13. The van der Waals surface area contributed by atoms with Gasteiger partial charge in [0, 0.05) is 18.9 Å². The number of rotatable bonds is 2. The Balaban J connectivity index is 1.78. The van der Waals surface area contributed by atoms with Gasteiger partial charge in [0.25, 0.3) is 0 Å². The Labute approximate surface area is 126 Å². The number of carbonyl (C=O) groups is 1. The number of Topliss-reactive ketones (excluding diaryl/α,β-unsaturated/α-hetero) is 1. The van der Waals surface area contributed by atoms with Crippen LogP contribution in [0.4, 0.5) is 0 Å². The summed E-state index contributed by atoms with van der Waals surface area (Å²) in [7, 11) is 0. The third-order valence-electron chi connectivity index (χ3n) is 3.85. The van der Waals surface area contributed by atoms with Crippen molar-refractivity contribution in [3.8, 4) is 5.75 Å². The van der Waals surface area contributed by atoms with Gasteiger partial charge in [-0.25, -0.2) is 5.01 Å². The van der Waals surface area contributed by atoms with E-state index in [1.807, 2.05) is 34.7 Å². The largest absolute Gasteiger partial charge is 0.461 e. The number of ether oxygens (including phenoxy) is 1. The summed E-state index contributed by atoms with van der Waals surface area (Å²) in [5, 5.41) is 8.53. The van der Waals surface area contributed by atoms with Crippen molar-refractivity contribution < 1.29 is 9.53 Å². The molecule has 0 radical (unpaired) electrons. The summed E-state index contributed by atoms with van der Waals surface area (Å²) < 4.78 is 5.85. The first-order valence-corrected chi connectivity index (χ1v) is 7.78. The monoisotopic (exact) mass is 298 g/mol. The number of thiophene rings is 1. The molecule has 0 saturated heterocycles. The van der Waals surface area contributed by atoms with Gasteiger partial charge in [0.2, 0.25) is 6.23 Å². The molecule has 0 aliphatic carbocycles. The summed E-state index contributed by atoms with van der Waals surface area (Å²) in [6, 6.07) is 12.1. The van der Waals surface area contributed by atoms with Gasteiger partial charge in [0.1, 0.15) is 5.75 Å². The zero-order chi connectivity index (χ0) is 14.4.